The second-order valence-electron chi connectivity index (χ2n) is 13.7. The van der Waals surface area contributed by atoms with Crippen molar-refractivity contribution in [1.29, 1.82) is 0 Å². The zero-order valence-corrected chi connectivity index (χ0v) is 27.2. The van der Waals surface area contributed by atoms with E-state index in [-0.39, 0.29) is 29.5 Å². The molecule has 4 aliphatic rings. The highest BCUT2D eigenvalue weighted by atomic mass is 19.3. The Balaban J connectivity index is 1.36. The first-order chi connectivity index (χ1) is 21.7. The Morgan fingerprint density at radius 1 is 0.911 bits per heavy atom. The molecule has 7 rings (SSSR count). The Morgan fingerprint density at radius 2 is 1.64 bits per heavy atom. The number of hydrogen-bond acceptors (Lipinski definition) is 7. The summed E-state index contributed by atoms with van der Waals surface area (Å²) in [5, 5.41) is 4.28. The van der Waals surface area contributed by atoms with Crippen molar-refractivity contribution in [3.63, 3.8) is 0 Å². The van der Waals surface area contributed by atoms with Crippen LogP contribution in [0.2, 0.25) is 0 Å². The number of alkyl halides is 2. The van der Waals surface area contributed by atoms with Gasteiger partial charge in [-0.15, -0.1) is 0 Å². The Hall–Kier alpha value is -3.11. The maximum absolute atomic E-state index is 15.6. The van der Waals surface area contributed by atoms with Crippen molar-refractivity contribution in [1.82, 2.24) is 24.3 Å². The molecule has 0 saturated carbocycles. The standard InChI is InChI=1S/C35H49F2N7O/c1-25(2)42-17-19-43(20-18-42)31-22-30-32-38-24-39-33(30)44(34(31)45)14-7-5-4-6-13-41-15-11-27(12-16-41)23-35(36,37)29-10-8-9-28(21-29)26(3)40-32/h8-10,21-22,24-27H,4-7,11-20,23H2,1-3H3,(H,38,39,40)/t26-/m1/s1. The Morgan fingerprint density at radius 3 is 2.38 bits per heavy atom. The van der Waals surface area contributed by atoms with Crippen LogP contribution in [0.15, 0.2) is 41.5 Å². The molecule has 0 amide bonds. The lowest BCUT2D eigenvalue weighted by Crippen LogP contribution is -2.50. The van der Waals surface area contributed by atoms with Crippen molar-refractivity contribution in [2.24, 2.45) is 5.92 Å². The van der Waals surface area contributed by atoms with Gasteiger partial charge in [0.05, 0.1) is 5.39 Å². The van der Waals surface area contributed by atoms with Gasteiger partial charge in [-0.2, -0.15) is 0 Å². The summed E-state index contributed by atoms with van der Waals surface area (Å²) in [6.07, 6.45) is 7.12. The molecule has 244 valence electrons. The fraction of sp³-hybridized carbons (Fsp3) is 0.629. The van der Waals surface area contributed by atoms with Crippen molar-refractivity contribution < 1.29 is 8.78 Å². The van der Waals surface area contributed by atoms with Crippen LogP contribution < -0.4 is 15.8 Å². The third-order valence-corrected chi connectivity index (χ3v) is 10.3. The van der Waals surface area contributed by atoms with Crippen LogP contribution in [0.5, 0.6) is 0 Å². The van der Waals surface area contributed by atoms with E-state index in [4.69, 9.17) is 0 Å². The van der Waals surface area contributed by atoms with Crippen molar-refractivity contribution in [2.45, 2.75) is 90.3 Å². The maximum Gasteiger partial charge on any atom is 0.275 e. The number of aryl methyl sites for hydroxylation is 1. The number of anilines is 2. The van der Waals surface area contributed by atoms with Gasteiger partial charge in [0.2, 0.25) is 0 Å². The van der Waals surface area contributed by atoms with Crippen LogP contribution in [-0.2, 0) is 12.5 Å². The van der Waals surface area contributed by atoms with Crippen molar-refractivity contribution in [3.8, 4) is 0 Å². The number of halogens is 2. The summed E-state index contributed by atoms with van der Waals surface area (Å²) in [5.74, 6) is -2.24. The number of nitrogens with zero attached hydrogens (tertiary/aromatic N) is 6. The van der Waals surface area contributed by atoms with Gasteiger partial charge in [-0.3, -0.25) is 14.3 Å². The summed E-state index contributed by atoms with van der Waals surface area (Å²) in [5.41, 5.74) is 2.14. The molecular formula is C35H49F2N7O. The van der Waals surface area contributed by atoms with E-state index in [0.717, 1.165) is 95.3 Å². The lowest BCUT2D eigenvalue weighted by molar-refractivity contribution is -0.0372. The number of pyridine rings is 1. The van der Waals surface area contributed by atoms with Crippen LogP contribution >= 0.6 is 0 Å². The molecule has 1 N–H and O–H groups in total. The molecule has 1 aromatic carbocycles. The van der Waals surface area contributed by atoms with E-state index in [1.807, 2.05) is 23.6 Å². The van der Waals surface area contributed by atoms with Gasteiger partial charge < -0.3 is 15.1 Å². The third kappa shape index (κ3) is 7.17. The average Bonchev–Trinajstić information content (AvgIpc) is 3.04. The summed E-state index contributed by atoms with van der Waals surface area (Å²) in [6.45, 7) is 13.1. The van der Waals surface area contributed by atoms with Crippen LogP contribution in [0, 0.1) is 5.92 Å². The molecule has 8 nitrogen and oxygen atoms in total. The molecule has 8 bridgehead atoms. The minimum atomic E-state index is -2.88. The van der Waals surface area contributed by atoms with E-state index in [2.05, 4.69) is 43.8 Å². The fourth-order valence-corrected chi connectivity index (χ4v) is 7.37. The number of aromatic nitrogens is 3. The minimum absolute atomic E-state index is 0.00519. The fourth-order valence-electron chi connectivity index (χ4n) is 7.37. The van der Waals surface area contributed by atoms with Gasteiger partial charge in [-0.1, -0.05) is 31.0 Å². The van der Waals surface area contributed by atoms with Gasteiger partial charge in [0.15, 0.2) is 0 Å². The quantitative estimate of drug-likeness (QED) is 0.362. The first kappa shape index (κ1) is 31.9. The van der Waals surface area contributed by atoms with E-state index in [1.165, 1.54) is 6.33 Å². The molecular weight excluding hydrogens is 572 g/mol. The molecule has 0 radical (unpaired) electrons. The number of benzene rings is 1. The van der Waals surface area contributed by atoms with Gasteiger partial charge in [0.25, 0.3) is 11.5 Å². The number of hydrogen-bond donors (Lipinski definition) is 1. The van der Waals surface area contributed by atoms with Gasteiger partial charge in [-0.05, 0) is 89.7 Å². The summed E-state index contributed by atoms with van der Waals surface area (Å²) in [6, 6.07) is 8.96. The van der Waals surface area contributed by atoms with Gasteiger partial charge in [0.1, 0.15) is 23.5 Å². The minimum Gasteiger partial charge on any atom is -0.364 e. The lowest BCUT2D eigenvalue weighted by Gasteiger charge is -2.38. The van der Waals surface area contributed by atoms with Crippen molar-refractivity contribution in [2.75, 3.05) is 56.0 Å². The first-order valence-corrected chi connectivity index (χ1v) is 17.0. The Kier molecular flexibility index (Phi) is 9.71. The summed E-state index contributed by atoms with van der Waals surface area (Å²) >= 11 is 0. The molecule has 4 aliphatic heterocycles. The summed E-state index contributed by atoms with van der Waals surface area (Å²) < 4.78 is 33.1. The van der Waals surface area contributed by atoms with E-state index in [9.17, 15) is 4.79 Å². The number of piperazine rings is 1. The molecule has 45 heavy (non-hydrogen) atoms. The molecule has 1 atom stereocenters. The maximum atomic E-state index is 15.6. The highest BCUT2D eigenvalue weighted by molar-refractivity contribution is 5.89. The van der Waals surface area contributed by atoms with Crippen LogP contribution in [0.25, 0.3) is 11.0 Å². The average molecular weight is 622 g/mol. The Labute approximate surface area is 265 Å². The molecule has 2 aromatic heterocycles. The molecule has 10 heteroatoms. The second-order valence-corrected chi connectivity index (χ2v) is 13.7. The second kappa shape index (κ2) is 13.7. The third-order valence-electron chi connectivity index (χ3n) is 10.3. The molecule has 0 spiro atoms. The predicted octanol–water partition coefficient (Wildman–Crippen LogP) is 6.26. The first-order valence-electron chi connectivity index (χ1n) is 17.0. The van der Waals surface area contributed by atoms with E-state index in [1.54, 1.807) is 18.2 Å². The number of fused-ring (bicyclic) bond motifs is 9. The summed E-state index contributed by atoms with van der Waals surface area (Å²) in [7, 11) is 0. The van der Waals surface area contributed by atoms with Gasteiger partial charge in [-0.25, -0.2) is 18.7 Å². The SMILES string of the molecule is CC(C)N1CCN(c2cc3c4ncnc3n(c2=O)CCCCCCN2CCC(CC2)CC(F)(F)c2cccc(c2)[C@@H](C)N4)CC1. The lowest BCUT2D eigenvalue weighted by atomic mass is 9.87. The molecule has 3 aromatic rings. The Bertz CT molecular complexity index is 1510. The molecule has 2 saturated heterocycles. The molecule has 0 unspecified atom stereocenters. The largest absolute Gasteiger partial charge is 0.364 e. The molecule has 6 heterocycles. The van der Waals surface area contributed by atoms with Crippen LogP contribution in [-0.4, -0.2) is 76.2 Å². The highest BCUT2D eigenvalue weighted by Gasteiger charge is 2.36. The van der Waals surface area contributed by atoms with E-state index < -0.39 is 5.92 Å². The van der Waals surface area contributed by atoms with Gasteiger partial charge in [0, 0.05) is 56.8 Å². The summed E-state index contributed by atoms with van der Waals surface area (Å²) in [4.78, 5) is 30.4. The molecule has 2 fully saturated rings. The van der Waals surface area contributed by atoms with E-state index >= 15 is 8.78 Å². The van der Waals surface area contributed by atoms with Crippen molar-refractivity contribution in [3.05, 3.63) is 58.1 Å². The van der Waals surface area contributed by atoms with Crippen LogP contribution in [0.4, 0.5) is 20.3 Å². The van der Waals surface area contributed by atoms with Crippen molar-refractivity contribution >= 4 is 22.5 Å². The number of nitrogens with one attached hydrogen (secondary N) is 1. The normalized spacial score (nSPS) is 25.3. The predicted molar refractivity (Wildman–Crippen MR) is 177 cm³/mol. The zero-order chi connectivity index (χ0) is 31.6. The van der Waals surface area contributed by atoms with Crippen LogP contribution in [0.1, 0.15) is 82.9 Å². The topological polar surface area (TPSA) is 69.5 Å². The number of rotatable bonds is 2. The smallest absolute Gasteiger partial charge is 0.275 e. The monoisotopic (exact) mass is 621 g/mol. The van der Waals surface area contributed by atoms with Gasteiger partial charge >= 0.3 is 0 Å². The zero-order valence-electron chi connectivity index (χ0n) is 27.2. The highest BCUT2D eigenvalue weighted by Crippen LogP contribution is 2.39. The van der Waals surface area contributed by atoms with Crippen LogP contribution in [0.3, 0.4) is 0 Å². The van der Waals surface area contributed by atoms with E-state index in [0.29, 0.717) is 29.7 Å². The molecule has 0 aliphatic carbocycles. The number of piperidine rings is 1.